The molecule has 0 amide bonds. The summed E-state index contributed by atoms with van der Waals surface area (Å²) in [5.74, 6) is 0.765. The minimum absolute atomic E-state index is 0. The van der Waals surface area contributed by atoms with E-state index in [9.17, 15) is 8.42 Å². The van der Waals surface area contributed by atoms with Crippen LogP contribution in [0.5, 0.6) is 0 Å². The van der Waals surface area contributed by atoms with Crippen molar-refractivity contribution in [2.75, 3.05) is 26.2 Å². The average Bonchev–Trinajstić information content (AvgIpc) is 2.67. The molecule has 0 spiro atoms. The van der Waals surface area contributed by atoms with Crippen molar-refractivity contribution in [2.24, 2.45) is 4.99 Å². The first-order valence-corrected chi connectivity index (χ1v) is 12.8. The second-order valence-electron chi connectivity index (χ2n) is 8.26. The summed E-state index contributed by atoms with van der Waals surface area (Å²) in [6.45, 7) is 12.6. The highest BCUT2D eigenvalue weighted by Crippen LogP contribution is 2.14. The maximum Gasteiger partial charge on any atom is 0.216 e. The fourth-order valence-corrected chi connectivity index (χ4v) is 5.25. The topological polar surface area (TPSA) is 85.8 Å². The van der Waals surface area contributed by atoms with Crippen molar-refractivity contribution in [2.45, 2.75) is 71.3 Å². The highest BCUT2D eigenvalue weighted by atomic mass is 127. The van der Waals surface area contributed by atoms with E-state index in [2.05, 4.69) is 34.1 Å². The van der Waals surface area contributed by atoms with E-state index in [1.807, 2.05) is 38.1 Å². The van der Waals surface area contributed by atoms with Gasteiger partial charge >= 0.3 is 0 Å². The molecule has 1 saturated heterocycles. The summed E-state index contributed by atoms with van der Waals surface area (Å²) in [6.07, 6.45) is 3.42. The van der Waals surface area contributed by atoms with Crippen molar-refractivity contribution in [3.05, 3.63) is 35.4 Å². The Morgan fingerprint density at radius 3 is 2.39 bits per heavy atom. The van der Waals surface area contributed by atoms with E-state index in [0.29, 0.717) is 12.6 Å². The van der Waals surface area contributed by atoms with Crippen LogP contribution in [0.2, 0.25) is 0 Å². The summed E-state index contributed by atoms with van der Waals surface area (Å²) in [4.78, 5) is 7.27. The lowest BCUT2D eigenvalue weighted by molar-refractivity contribution is 0.206. The van der Waals surface area contributed by atoms with Crippen molar-refractivity contribution in [1.29, 1.82) is 0 Å². The quantitative estimate of drug-likeness (QED) is 0.231. The smallest absolute Gasteiger partial charge is 0.216 e. The Hall–Kier alpha value is -0.910. The van der Waals surface area contributed by atoms with Crippen LogP contribution in [0, 0.1) is 0 Å². The number of hydrogen-bond acceptors (Lipinski definition) is 4. The minimum atomic E-state index is -3.37. The Kier molecular flexibility index (Phi) is 13.0. The third kappa shape index (κ3) is 10.5. The molecule has 0 aromatic heterocycles. The van der Waals surface area contributed by atoms with Gasteiger partial charge in [-0.1, -0.05) is 31.2 Å². The molecule has 31 heavy (non-hydrogen) atoms. The molecule has 0 atom stereocenters. The zero-order valence-corrected chi connectivity index (χ0v) is 22.5. The summed E-state index contributed by atoms with van der Waals surface area (Å²) in [5.41, 5.74) is 1.72. The summed E-state index contributed by atoms with van der Waals surface area (Å²) >= 11 is 0. The molecule has 9 heteroatoms. The molecular weight excluding hydrogens is 525 g/mol. The predicted octanol–water partition coefficient (Wildman–Crippen LogP) is 3.06. The maximum absolute atomic E-state index is 12.4. The van der Waals surface area contributed by atoms with Gasteiger partial charge in [0.05, 0.1) is 12.3 Å². The number of rotatable bonds is 10. The van der Waals surface area contributed by atoms with Crippen LogP contribution in [0.25, 0.3) is 0 Å². The lowest BCUT2D eigenvalue weighted by atomic mass is 10.1. The number of hydrogen-bond donors (Lipinski definition) is 3. The van der Waals surface area contributed by atoms with Gasteiger partial charge in [0.25, 0.3) is 0 Å². The number of guanidine groups is 1. The summed E-state index contributed by atoms with van der Waals surface area (Å²) in [6, 6.07) is 7.93. The number of sulfonamides is 1. The van der Waals surface area contributed by atoms with Crippen LogP contribution in [0.4, 0.5) is 0 Å². The first-order valence-electron chi connectivity index (χ1n) is 11.2. The van der Waals surface area contributed by atoms with E-state index in [1.165, 1.54) is 13.0 Å². The van der Waals surface area contributed by atoms with Crippen molar-refractivity contribution in [3.63, 3.8) is 0 Å². The van der Waals surface area contributed by atoms with Gasteiger partial charge in [-0.3, -0.25) is 0 Å². The number of likely N-dealkylation sites (tertiary alicyclic amines) is 1. The fraction of sp³-hybridized carbons (Fsp3) is 0.682. The van der Waals surface area contributed by atoms with E-state index in [-0.39, 0.29) is 35.8 Å². The largest absolute Gasteiger partial charge is 0.357 e. The molecule has 1 aliphatic rings. The van der Waals surface area contributed by atoms with Crippen LogP contribution in [0.1, 0.15) is 58.1 Å². The highest BCUT2D eigenvalue weighted by molar-refractivity contribution is 14.0. The Morgan fingerprint density at radius 2 is 1.81 bits per heavy atom. The van der Waals surface area contributed by atoms with E-state index in [4.69, 9.17) is 4.99 Å². The Bertz CT molecular complexity index is 778. The van der Waals surface area contributed by atoms with Gasteiger partial charge in [-0.25, -0.2) is 18.1 Å². The van der Waals surface area contributed by atoms with Crippen LogP contribution < -0.4 is 15.4 Å². The normalized spacial score (nSPS) is 16.2. The zero-order chi connectivity index (χ0) is 22.0. The van der Waals surface area contributed by atoms with Gasteiger partial charge in [-0.15, -0.1) is 24.0 Å². The Balaban J connectivity index is 0.00000480. The molecule has 1 aromatic carbocycles. The van der Waals surface area contributed by atoms with Crippen LogP contribution in [-0.2, 0) is 22.3 Å². The number of nitrogens with zero attached hydrogens (tertiary/aromatic N) is 2. The molecule has 7 nitrogen and oxygen atoms in total. The first-order chi connectivity index (χ1) is 14.3. The van der Waals surface area contributed by atoms with Crippen LogP contribution in [0.15, 0.2) is 29.3 Å². The average molecular weight is 566 g/mol. The molecule has 0 bridgehead atoms. The molecule has 3 N–H and O–H groups in total. The fourth-order valence-electron chi connectivity index (χ4n) is 3.75. The molecule has 0 saturated carbocycles. The van der Waals surface area contributed by atoms with Crippen molar-refractivity contribution < 1.29 is 8.42 Å². The first kappa shape index (κ1) is 28.1. The van der Waals surface area contributed by atoms with Gasteiger partial charge in [0.2, 0.25) is 10.0 Å². The number of benzene rings is 1. The van der Waals surface area contributed by atoms with Crippen LogP contribution >= 0.6 is 24.0 Å². The lowest BCUT2D eigenvalue weighted by Gasteiger charge is -2.32. The summed E-state index contributed by atoms with van der Waals surface area (Å²) in [7, 11) is -3.37. The molecule has 0 unspecified atom stereocenters. The van der Waals surface area contributed by atoms with Gasteiger partial charge in [-0.05, 0) is 57.7 Å². The van der Waals surface area contributed by atoms with E-state index < -0.39 is 10.0 Å². The molecule has 178 valence electrons. The molecule has 1 aliphatic heterocycles. The molecule has 0 aliphatic carbocycles. The monoisotopic (exact) mass is 565 g/mol. The maximum atomic E-state index is 12.4. The summed E-state index contributed by atoms with van der Waals surface area (Å²) in [5, 5.41) is 6.89. The van der Waals surface area contributed by atoms with Gasteiger partial charge in [0.1, 0.15) is 0 Å². The van der Waals surface area contributed by atoms with Crippen molar-refractivity contribution in [1.82, 2.24) is 20.3 Å². The number of piperidine rings is 1. The molecule has 1 heterocycles. The van der Waals surface area contributed by atoms with E-state index >= 15 is 0 Å². The molecule has 1 fully saturated rings. The zero-order valence-electron chi connectivity index (χ0n) is 19.4. The minimum Gasteiger partial charge on any atom is -0.357 e. The van der Waals surface area contributed by atoms with Gasteiger partial charge in [0.15, 0.2) is 5.96 Å². The van der Waals surface area contributed by atoms with E-state index in [1.54, 1.807) is 0 Å². The van der Waals surface area contributed by atoms with Crippen LogP contribution in [-0.4, -0.2) is 57.5 Å². The predicted molar refractivity (Wildman–Crippen MR) is 140 cm³/mol. The van der Waals surface area contributed by atoms with Gasteiger partial charge in [0, 0.05) is 31.7 Å². The second kappa shape index (κ2) is 14.3. The van der Waals surface area contributed by atoms with Gasteiger partial charge < -0.3 is 15.5 Å². The number of aliphatic imine (C=N–C) groups is 1. The third-order valence-electron chi connectivity index (χ3n) is 5.10. The Morgan fingerprint density at radius 1 is 1.16 bits per heavy atom. The lowest BCUT2D eigenvalue weighted by Crippen LogP contribution is -2.48. The van der Waals surface area contributed by atoms with Gasteiger partial charge in [-0.2, -0.15) is 0 Å². The third-order valence-corrected chi connectivity index (χ3v) is 6.62. The Labute approximate surface area is 205 Å². The van der Waals surface area contributed by atoms with Crippen molar-refractivity contribution in [3.8, 4) is 0 Å². The van der Waals surface area contributed by atoms with Crippen molar-refractivity contribution >= 4 is 40.0 Å². The van der Waals surface area contributed by atoms with Crippen LogP contribution in [0.3, 0.4) is 0 Å². The number of halogens is 1. The SMILES string of the molecule is CCCN1CCC(NC(=NCc2ccccc2CS(=O)(=O)NC(C)C)NCC)CC1.I. The highest BCUT2D eigenvalue weighted by Gasteiger charge is 2.19. The molecule has 1 aromatic rings. The van der Waals surface area contributed by atoms with E-state index in [0.717, 1.165) is 49.6 Å². The summed E-state index contributed by atoms with van der Waals surface area (Å²) < 4.78 is 27.4. The number of nitrogens with one attached hydrogen (secondary N) is 3. The molecule has 0 radical (unpaired) electrons. The second-order valence-corrected chi connectivity index (χ2v) is 10.0. The molecule has 2 rings (SSSR count). The molecular formula is C22H40IN5O2S. The standard InChI is InChI=1S/C22H39N5O2S.HI/c1-5-13-27-14-11-21(12-15-27)25-22(23-6-2)24-16-19-9-7-8-10-20(19)17-30(28,29)26-18(3)4;/h7-10,18,21,26H,5-6,11-17H2,1-4H3,(H2,23,24,25);1H.